The van der Waals surface area contributed by atoms with Crippen LogP contribution in [-0.2, 0) is 17.9 Å². The lowest BCUT2D eigenvalue weighted by Crippen LogP contribution is -2.35. The van der Waals surface area contributed by atoms with Crippen molar-refractivity contribution >= 4 is 11.6 Å². The van der Waals surface area contributed by atoms with E-state index >= 15 is 0 Å². The SMILES string of the molecule is O=C1CNCc2ccccc2N1Cc1ccc(O)cc1. The molecule has 0 spiro atoms. The molecule has 0 fully saturated rings. The number of hydrogen-bond acceptors (Lipinski definition) is 3. The normalized spacial score (nSPS) is 14.8. The van der Waals surface area contributed by atoms with E-state index in [0.29, 0.717) is 19.6 Å². The number of rotatable bonds is 2. The minimum atomic E-state index is 0.0584. The Morgan fingerprint density at radius 2 is 1.80 bits per heavy atom. The molecule has 1 amide bonds. The van der Waals surface area contributed by atoms with Crippen molar-refractivity contribution in [1.29, 1.82) is 0 Å². The van der Waals surface area contributed by atoms with Gasteiger partial charge in [0.25, 0.3) is 0 Å². The fraction of sp³-hybridized carbons (Fsp3) is 0.188. The number of carbonyl (C=O) groups is 1. The van der Waals surface area contributed by atoms with Crippen molar-refractivity contribution in [3.63, 3.8) is 0 Å². The number of para-hydroxylation sites is 1. The Kier molecular flexibility index (Phi) is 3.39. The van der Waals surface area contributed by atoms with Crippen molar-refractivity contribution in [3.05, 3.63) is 59.7 Å². The average molecular weight is 268 g/mol. The van der Waals surface area contributed by atoms with E-state index in [1.165, 1.54) is 0 Å². The summed E-state index contributed by atoms with van der Waals surface area (Å²) in [5.41, 5.74) is 3.07. The molecule has 1 aliphatic rings. The summed E-state index contributed by atoms with van der Waals surface area (Å²) >= 11 is 0. The molecule has 0 aliphatic carbocycles. The second-order valence-electron chi connectivity index (χ2n) is 4.88. The Labute approximate surface area is 117 Å². The maximum absolute atomic E-state index is 12.3. The van der Waals surface area contributed by atoms with Crippen molar-refractivity contribution in [2.24, 2.45) is 0 Å². The van der Waals surface area contributed by atoms with E-state index in [9.17, 15) is 9.90 Å². The van der Waals surface area contributed by atoms with Gasteiger partial charge >= 0.3 is 0 Å². The third kappa shape index (κ3) is 2.51. The molecule has 1 heterocycles. The molecule has 2 aromatic carbocycles. The van der Waals surface area contributed by atoms with Crippen LogP contribution in [0.2, 0.25) is 0 Å². The number of aromatic hydroxyl groups is 1. The van der Waals surface area contributed by atoms with Crippen molar-refractivity contribution < 1.29 is 9.90 Å². The third-order valence-corrected chi connectivity index (χ3v) is 3.45. The van der Waals surface area contributed by atoms with Crippen LogP contribution in [-0.4, -0.2) is 17.6 Å². The number of nitrogens with one attached hydrogen (secondary N) is 1. The van der Waals surface area contributed by atoms with Gasteiger partial charge in [-0.05, 0) is 29.3 Å². The number of phenolic OH excluding ortho intramolecular Hbond substituents is 1. The summed E-state index contributed by atoms with van der Waals surface area (Å²) < 4.78 is 0. The van der Waals surface area contributed by atoms with E-state index in [2.05, 4.69) is 5.32 Å². The summed E-state index contributed by atoms with van der Waals surface area (Å²) in [4.78, 5) is 14.1. The van der Waals surface area contributed by atoms with Crippen LogP contribution >= 0.6 is 0 Å². The average Bonchev–Trinajstić information content (AvgIpc) is 2.62. The van der Waals surface area contributed by atoms with Gasteiger partial charge in [-0.25, -0.2) is 0 Å². The molecule has 0 atom stereocenters. The summed E-state index contributed by atoms with van der Waals surface area (Å²) in [5, 5.41) is 12.5. The Morgan fingerprint density at radius 1 is 1.05 bits per heavy atom. The number of carbonyl (C=O) groups excluding carboxylic acids is 1. The van der Waals surface area contributed by atoms with Gasteiger partial charge in [-0.3, -0.25) is 4.79 Å². The molecular weight excluding hydrogens is 252 g/mol. The Morgan fingerprint density at radius 3 is 2.60 bits per heavy atom. The van der Waals surface area contributed by atoms with Gasteiger partial charge in [0.2, 0.25) is 5.91 Å². The number of nitrogens with zero attached hydrogens (tertiary/aromatic N) is 1. The van der Waals surface area contributed by atoms with Crippen LogP contribution in [0.25, 0.3) is 0 Å². The molecule has 0 aromatic heterocycles. The van der Waals surface area contributed by atoms with Gasteiger partial charge in [0.15, 0.2) is 0 Å². The van der Waals surface area contributed by atoms with Crippen molar-refractivity contribution in [2.45, 2.75) is 13.1 Å². The summed E-state index contributed by atoms with van der Waals surface area (Å²) in [5.74, 6) is 0.293. The lowest BCUT2D eigenvalue weighted by atomic mass is 10.1. The number of amides is 1. The zero-order chi connectivity index (χ0) is 13.9. The Balaban J connectivity index is 1.94. The highest BCUT2D eigenvalue weighted by Gasteiger charge is 2.21. The van der Waals surface area contributed by atoms with Crippen molar-refractivity contribution in [1.82, 2.24) is 5.32 Å². The predicted molar refractivity (Wildman–Crippen MR) is 77.4 cm³/mol. The van der Waals surface area contributed by atoms with Crippen LogP contribution in [0.15, 0.2) is 48.5 Å². The van der Waals surface area contributed by atoms with Gasteiger partial charge in [0.1, 0.15) is 5.75 Å². The number of hydrogen-bond donors (Lipinski definition) is 2. The second kappa shape index (κ2) is 5.35. The van der Waals surface area contributed by atoms with E-state index in [1.54, 1.807) is 17.0 Å². The predicted octanol–water partition coefficient (Wildman–Crippen LogP) is 2.03. The molecule has 0 saturated carbocycles. The first kappa shape index (κ1) is 12.7. The highest BCUT2D eigenvalue weighted by molar-refractivity contribution is 5.96. The van der Waals surface area contributed by atoms with Gasteiger partial charge < -0.3 is 15.3 Å². The minimum Gasteiger partial charge on any atom is -0.508 e. The molecule has 2 N–H and O–H groups in total. The van der Waals surface area contributed by atoms with Crippen LogP contribution in [0.5, 0.6) is 5.75 Å². The van der Waals surface area contributed by atoms with Crippen LogP contribution in [0.3, 0.4) is 0 Å². The first-order valence-corrected chi connectivity index (χ1v) is 6.61. The highest BCUT2D eigenvalue weighted by atomic mass is 16.3. The second-order valence-corrected chi connectivity index (χ2v) is 4.88. The monoisotopic (exact) mass is 268 g/mol. The van der Waals surface area contributed by atoms with E-state index < -0.39 is 0 Å². The molecule has 0 radical (unpaired) electrons. The van der Waals surface area contributed by atoms with Crippen molar-refractivity contribution in [3.8, 4) is 5.75 Å². The Bertz CT molecular complexity index is 623. The standard InChI is InChI=1S/C16H16N2O2/c19-14-7-5-12(6-8-14)11-18-15-4-2-1-3-13(15)9-17-10-16(18)20/h1-8,17,19H,9-11H2. The Hall–Kier alpha value is -2.33. The zero-order valence-electron chi connectivity index (χ0n) is 11.0. The van der Waals surface area contributed by atoms with Gasteiger partial charge in [0.05, 0.1) is 13.1 Å². The van der Waals surface area contributed by atoms with E-state index in [4.69, 9.17) is 0 Å². The lowest BCUT2D eigenvalue weighted by Gasteiger charge is -2.22. The van der Waals surface area contributed by atoms with Crippen LogP contribution in [0.4, 0.5) is 5.69 Å². The quantitative estimate of drug-likeness (QED) is 0.876. The molecular formula is C16H16N2O2. The fourth-order valence-electron chi connectivity index (χ4n) is 2.41. The topological polar surface area (TPSA) is 52.6 Å². The molecule has 20 heavy (non-hydrogen) atoms. The first-order chi connectivity index (χ1) is 9.74. The minimum absolute atomic E-state index is 0.0584. The highest BCUT2D eigenvalue weighted by Crippen LogP contribution is 2.24. The molecule has 0 bridgehead atoms. The van der Waals surface area contributed by atoms with Gasteiger partial charge in [-0.15, -0.1) is 0 Å². The maximum atomic E-state index is 12.3. The first-order valence-electron chi connectivity index (χ1n) is 6.61. The summed E-state index contributed by atoms with van der Waals surface area (Å²) in [6, 6.07) is 14.9. The van der Waals surface area contributed by atoms with E-state index in [1.807, 2.05) is 36.4 Å². The van der Waals surface area contributed by atoms with Gasteiger partial charge in [0, 0.05) is 12.2 Å². The third-order valence-electron chi connectivity index (χ3n) is 3.45. The summed E-state index contributed by atoms with van der Waals surface area (Å²) in [6.45, 7) is 1.55. The van der Waals surface area contributed by atoms with Crippen molar-refractivity contribution in [2.75, 3.05) is 11.4 Å². The zero-order valence-corrected chi connectivity index (χ0v) is 11.0. The van der Waals surface area contributed by atoms with E-state index in [-0.39, 0.29) is 11.7 Å². The molecule has 4 nitrogen and oxygen atoms in total. The molecule has 0 saturated heterocycles. The summed E-state index contributed by atoms with van der Waals surface area (Å²) in [6.07, 6.45) is 0. The lowest BCUT2D eigenvalue weighted by molar-refractivity contribution is -0.117. The number of anilines is 1. The molecule has 102 valence electrons. The number of phenols is 1. The smallest absolute Gasteiger partial charge is 0.241 e. The van der Waals surface area contributed by atoms with E-state index in [0.717, 1.165) is 16.8 Å². The molecule has 0 unspecified atom stereocenters. The molecule has 2 aromatic rings. The van der Waals surface area contributed by atoms with Gasteiger partial charge in [-0.1, -0.05) is 30.3 Å². The van der Waals surface area contributed by atoms with Crippen LogP contribution in [0, 0.1) is 0 Å². The molecule has 3 rings (SSSR count). The molecule has 4 heteroatoms. The largest absolute Gasteiger partial charge is 0.508 e. The maximum Gasteiger partial charge on any atom is 0.241 e. The van der Waals surface area contributed by atoms with Crippen LogP contribution in [0.1, 0.15) is 11.1 Å². The number of fused-ring (bicyclic) bond motifs is 1. The van der Waals surface area contributed by atoms with Crippen LogP contribution < -0.4 is 10.2 Å². The fourth-order valence-corrected chi connectivity index (χ4v) is 2.41. The number of benzene rings is 2. The summed E-state index contributed by atoms with van der Waals surface area (Å²) in [7, 11) is 0. The van der Waals surface area contributed by atoms with Gasteiger partial charge in [-0.2, -0.15) is 0 Å². The molecule has 1 aliphatic heterocycles.